The van der Waals surface area contributed by atoms with Gasteiger partial charge in [-0.05, 0) is 55.5 Å². The number of hydrogen-bond donors (Lipinski definition) is 2. The molecule has 218 valence electrons. The van der Waals surface area contributed by atoms with Crippen molar-refractivity contribution in [3.8, 4) is 11.5 Å². The minimum absolute atomic E-state index is 0.179. The highest BCUT2D eigenvalue weighted by molar-refractivity contribution is 6.05. The van der Waals surface area contributed by atoms with Crippen LogP contribution < -0.4 is 5.32 Å². The maximum atomic E-state index is 13.1. The molecule has 11 heteroatoms. The number of benzene rings is 1. The van der Waals surface area contributed by atoms with Crippen LogP contribution in [0.1, 0.15) is 85.1 Å². The van der Waals surface area contributed by atoms with Crippen LogP contribution in [-0.2, 0) is 28.3 Å². The second kappa shape index (κ2) is 9.81. The first-order valence-electron chi connectivity index (χ1n) is 14.6. The molecule has 11 nitrogen and oxygen atoms in total. The maximum absolute atomic E-state index is 13.1. The van der Waals surface area contributed by atoms with Crippen molar-refractivity contribution in [2.75, 3.05) is 13.1 Å². The van der Waals surface area contributed by atoms with Gasteiger partial charge in [0.05, 0.1) is 23.5 Å². The molecule has 3 aromatic rings. The van der Waals surface area contributed by atoms with Gasteiger partial charge in [-0.3, -0.25) is 29.6 Å². The number of pyridine rings is 1. The zero-order chi connectivity index (χ0) is 29.2. The number of carbonyl (C=O) groups excluding carboxylic acids is 3. The van der Waals surface area contributed by atoms with E-state index in [9.17, 15) is 19.5 Å². The molecule has 3 aliphatic heterocycles. The lowest BCUT2D eigenvalue weighted by molar-refractivity contribution is -0.137. The molecule has 1 aliphatic carbocycles. The monoisotopic (exact) mass is 570 g/mol. The Balaban J connectivity index is 1.03. The number of aromatic nitrogens is 3. The summed E-state index contributed by atoms with van der Waals surface area (Å²) in [6, 6.07) is 10.9. The molecule has 3 amide bonds. The smallest absolute Gasteiger partial charge is 0.256 e. The Hall–Kier alpha value is -3.96. The van der Waals surface area contributed by atoms with Crippen molar-refractivity contribution in [3.63, 3.8) is 0 Å². The van der Waals surface area contributed by atoms with Gasteiger partial charge in [0.25, 0.3) is 5.91 Å². The fourth-order valence-electron chi connectivity index (χ4n) is 6.56. The van der Waals surface area contributed by atoms with E-state index >= 15 is 0 Å². The van der Waals surface area contributed by atoms with Gasteiger partial charge in [0.1, 0.15) is 11.6 Å². The third-order valence-electron chi connectivity index (χ3n) is 9.30. The van der Waals surface area contributed by atoms with Crippen molar-refractivity contribution in [1.82, 2.24) is 30.3 Å². The van der Waals surface area contributed by atoms with Gasteiger partial charge in [-0.2, -0.15) is 0 Å². The molecule has 42 heavy (non-hydrogen) atoms. The van der Waals surface area contributed by atoms with Gasteiger partial charge in [0.15, 0.2) is 0 Å². The number of carbonyl (C=O) groups is 3. The summed E-state index contributed by atoms with van der Waals surface area (Å²) in [7, 11) is 0. The van der Waals surface area contributed by atoms with Crippen molar-refractivity contribution in [3.05, 3.63) is 64.8 Å². The van der Waals surface area contributed by atoms with Gasteiger partial charge >= 0.3 is 0 Å². The second-order valence-corrected chi connectivity index (χ2v) is 12.7. The lowest BCUT2D eigenvalue weighted by Crippen LogP contribution is -2.55. The van der Waals surface area contributed by atoms with Crippen molar-refractivity contribution in [1.29, 1.82) is 0 Å². The van der Waals surface area contributed by atoms with E-state index in [1.807, 2.05) is 26.0 Å². The Labute approximate surface area is 243 Å². The van der Waals surface area contributed by atoms with Crippen LogP contribution in [-0.4, -0.2) is 66.9 Å². The van der Waals surface area contributed by atoms with Crippen LogP contribution in [0.15, 0.2) is 40.8 Å². The van der Waals surface area contributed by atoms with Gasteiger partial charge in [-0.1, -0.05) is 26.0 Å². The van der Waals surface area contributed by atoms with Crippen LogP contribution in [0, 0.1) is 5.41 Å². The Morgan fingerprint density at radius 2 is 1.83 bits per heavy atom. The number of aliphatic hydroxyl groups is 1. The Morgan fingerprint density at radius 3 is 2.55 bits per heavy atom. The van der Waals surface area contributed by atoms with Crippen molar-refractivity contribution >= 4 is 17.7 Å². The van der Waals surface area contributed by atoms with E-state index in [0.29, 0.717) is 54.7 Å². The molecule has 2 aromatic heterocycles. The number of imide groups is 1. The van der Waals surface area contributed by atoms with Gasteiger partial charge in [-0.15, -0.1) is 10.2 Å². The molecular formula is C31H34N6O5. The van der Waals surface area contributed by atoms with Gasteiger partial charge in [-0.25, -0.2) is 0 Å². The molecule has 0 radical (unpaired) electrons. The summed E-state index contributed by atoms with van der Waals surface area (Å²) < 4.78 is 5.84. The first-order valence-corrected chi connectivity index (χ1v) is 14.6. The number of amides is 3. The molecular weight excluding hydrogens is 536 g/mol. The molecule has 2 saturated heterocycles. The van der Waals surface area contributed by atoms with E-state index in [0.717, 1.165) is 36.4 Å². The van der Waals surface area contributed by atoms with E-state index in [4.69, 9.17) is 9.40 Å². The SMILES string of the molecule is CC1(C)CN(Cc2ccc(-c3nnc(C4CC4)o3)cc2)CCC1(O)c1ccc2c(n1)CN(C1CCC(=O)NC1=O)C2=O. The second-order valence-electron chi connectivity index (χ2n) is 12.7. The molecule has 7 rings (SSSR count). The topological polar surface area (TPSA) is 142 Å². The first kappa shape index (κ1) is 26.9. The Bertz CT molecular complexity index is 1580. The number of rotatable bonds is 6. The van der Waals surface area contributed by atoms with E-state index in [1.54, 1.807) is 12.1 Å². The minimum atomic E-state index is -1.19. The van der Waals surface area contributed by atoms with E-state index < -0.39 is 23.0 Å². The van der Waals surface area contributed by atoms with Gasteiger partial charge in [0.2, 0.25) is 23.6 Å². The standard InChI is InChI=1S/C31H34N6O5/c1-30(2)17-36(15-18-3-5-19(6-4-18)27-34-35-28(42-27)20-7-8-20)14-13-31(30,41)24-11-9-21-22(32-24)16-37(29(21)40)23-10-12-25(38)33-26(23)39/h3-6,9,11,20,23,41H,7-8,10,12-17H2,1-2H3,(H,33,38,39). The number of hydrogen-bond acceptors (Lipinski definition) is 9. The zero-order valence-electron chi connectivity index (χ0n) is 23.8. The van der Waals surface area contributed by atoms with Crippen LogP contribution in [0.3, 0.4) is 0 Å². The molecule has 2 unspecified atom stereocenters. The zero-order valence-corrected chi connectivity index (χ0v) is 23.8. The number of likely N-dealkylation sites (tertiary alicyclic amines) is 1. The average molecular weight is 571 g/mol. The maximum Gasteiger partial charge on any atom is 0.256 e. The van der Waals surface area contributed by atoms with Gasteiger partial charge < -0.3 is 14.4 Å². The van der Waals surface area contributed by atoms with E-state index in [2.05, 4.69) is 32.5 Å². The summed E-state index contributed by atoms with van der Waals surface area (Å²) in [6.07, 6.45) is 3.22. The third-order valence-corrected chi connectivity index (χ3v) is 9.30. The summed E-state index contributed by atoms with van der Waals surface area (Å²) in [5.41, 5.74) is 1.88. The lowest BCUT2D eigenvalue weighted by Gasteiger charge is -2.50. The molecule has 1 aromatic carbocycles. The molecule has 2 N–H and O–H groups in total. The fourth-order valence-corrected chi connectivity index (χ4v) is 6.56. The van der Waals surface area contributed by atoms with Crippen molar-refractivity contribution < 1.29 is 23.9 Å². The summed E-state index contributed by atoms with van der Waals surface area (Å²) in [5.74, 6) is 0.665. The predicted molar refractivity (Wildman–Crippen MR) is 150 cm³/mol. The number of piperidine rings is 2. The summed E-state index contributed by atoms with van der Waals surface area (Å²) >= 11 is 0. The fraction of sp³-hybridized carbons (Fsp3) is 0.484. The predicted octanol–water partition coefficient (Wildman–Crippen LogP) is 2.89. The molecule has 2 atom stereocenters. The average Bonchev–Trinajstić information content (AvgIpc) is 3.60. The highest BCUT2D eigenvalue weighted by atomic mass is 16.4. The van der Waals surface area contributed by atoms with Crippen molar-refractivity contribution in [2.45, 2.75) is 76.6 Å². The quantitative estimate of drug-likeness (QED) is 0.428. The van der Waals surface area contributed by atoms with Crippen LogP contribution in [0.5, 0.6) is 0 Å². The number of nitrogens with one attached hydrogen (secondary N) is 1. The lowest BCUT2D eigenvalue weighted by atomic mass is 9.68. The summed E-state index contributed by atoms with van der Waals surface area (Å²) in [6.45, 7) is 6.34. The largest absolute Gasteiger partial charge is 0.420 e. The number of nitrogens with zero attached hydrogens (tertiary/aromatic N) is 5. The first-order chi connectivity index (χ1) is 20.1. The van der Waals surface area contributed by atoms with Crippen LogP contribution in [0.2, 0.25) is 0 Å². The van der Waals surface area contributed by atoms with Gasteiger partial charge in [0, 0.05) is 43.0 Å². The molecule has 4 aliphatic rings. The molecule has 0 bridgehead atoms. The number of fused-ring (bicyclic) bond motifs is 1. The van der Waals surface area contributed by atoms with Crippen LogP contribution in [0.4, 0.5) is 0 Å². The Morgan fingerprint density at radius 1 is 1.05 bits per heavy atom. The molecule has 5 heterocycles. The van der Waals surface area contributed by atoms with Crippen LogP contribution >= 0.6 is 0 Å². The molecule has 3 fully saturated rings. The normalized spacial score (nSPS) is 25.9. The van der Waals surface area contributed by atoms with E-state index in [-0.39, 0.29) is 24.8 Å². The minimum Gasteiger partial charge on any atom is -0.420 e. The highest BCUT2D eigenvalue weighted by Crippen LogP contribution is 2.46. The summed E-state index contributed by atoms with van der Waals surface area (Å²) in [5, 5.41) is 22.7. The highest BCUT2D eigenvalue weighted by Gasteiger charge is 2.50. The summed E-state index contributed by atoms with van der Waals surface area (Å²) in [4.78, 5) is 45.7. The molecule has 0 spiro atoms. The van der Waals surface area contributed by atoms with Crippen LogP contribution in [0.25, 0.3) is 11.5 Å². The van der Waals surface area contributed by atoms with E-state index in [1.165, 1.54) is 4.90 Å². The van der Waals surface area contributed by atoms with Crippen molar-refractivity contribution in [2.24, 2.45) is 5.41 Å². The third kappa shape index (κ3) is 4.60. The Kier molecular flexibility index (Phi) is 6.28. The molecule has 1 saturated carbocycles.